The molecule has 200 valence electrons. The molecule has 0 bridgehead atoms. The van der Waals surface area contributed by atoms with Crippen LogP contribution in [0.3, 0.4) is 0 Å². The molecule has 1 fully saturated rings. The third-order valence-electron chi connectivity index (χ3n) is 6.83. The lowest BCUT2D eigenvalue weighted by molar-refractivity contribution is -0.117. The van der Waals surface area contributed by atoms with Crippen molar-refractivity contribution in [3.63, 3.8) is 0 Å². The van der Waals surface area contributed by atoms with Crippen molar-refractivity contribution in [1.82, 2.24) is 14.5 Å². The number of imidazole rings is 1. The van der Waals surface area contributed by atoms with E-state index in [9.17, 15) is 14.0 Å². The van der Waals surface area contributed by atoms with Gasteiger partial charge >= 0.3 is 0 Å². The predicted molar refractivity (Wildman–Crippen MR) is 148 cm³/mol. The lowest BCUT2D eigenvalue weighted by Gasteiger charge is -2.25. The molecule has 4 aromatic rings. The molecule has 1 aromatic heterocycles. The number of benzene rings is 3. The van der Waals surface area contributed by atoms with Crippen molar-refractivity contribution in [2.24, 2.45) is 0 Å². The summed E-state index contributed by atoms with van der Waals surface area (Å²) in [6.07, 6.45) is 3.41. The summed E-state index contributed by atoms with van der Waals surface area (Å²) in [6.45, 7) is 4.43. The fraction of sp³-hybridized carbons (Fsp3) is 0.258. The van der Waals surface area contributed by atoms with E-state index in [4.69, 9.17) is 4.74 Å². The zero-order valence-electron chi connectivity index (χ0n) is 22.1. The highest BCUT2D eigenvalue weighted by molar-refractivity contribution is 5.99. The number of nitrogens with one attached hydrogen (secondary N) is 1. The van der Waals surface area contributed by atoms with E-state index in [-0.39, 0.29) is 30.3 Å². The van der Waals surface area contributed by atoms with Gasteiger partial charge in [0.15, 0.2) is 0 Å². The Morgan fingerprint density at radius 2 is 1.85 bits per heavy atom. The summed E-state index contributed by atoms with van der Waals surface area (Å²) in [4.78, 5) is 32.9. The SMILES string of the molecule is Cc1ccc(C(=O)N(CC(=O)Nc2nc(-c3ccccc3)cn2-c2ccc(C)c(F)c2)CC2CCCO2)cc1. The molecule has 0 spiro atoms. The molecular formula is C31H31FN4O3. The van der Waals surface area contributed by atoms with Gasteiger partial charge in [0.1, 0.15) is 12.4 Å². The van der Waals surface area contributed by atoms with Crippen LogP contribution < -0.4 is 5.32 Å². The maximum Gasteiger partial charge on any atom is 0.254 e. The number of carbonyl (C=O) groups is 2. The van der Waals surface area contributed by atoms with Crippen LogP contribution in [0.1, 0.15) is 34.3 Å². The van der Waals surface area contributed by atoms with Crippen molar-refractivity contribution in [2.75, 3.05) is 25.0 Å². The molecule has 1 unspecified atom stereocenters. The highest BCUT2D eigenvalue weighted by Gasteiger charge is 2.26. The van der Waals surface area contributed by atoms with E-state index in [1.807, 2.05) is 49.4 Å². The van der Waals surface area contributed by atoms with Crippen LogP contribution in [-0.2, 0) is 9.53 Å². The van der Waals surface area contributed by atoms with Crippen LogP contribution >= 0.6 is 0 Å². The van der Waals surface area contributed by atoms with Crippen molar-refractivity contribution < 1.29 is 18.7 Å². The van der Waals surface area contributed by atoms with Crippen LogP contribution in [0.5, 0.6) is 0 Å². The molecule has 0 radical (unpaired) electrons. The van der Waals surface area contributed by atoms with Gasteiger partial charge in [0.2, 0.25) is 11.9 Å². The van der Waals surface area contributed by atoms with Crippen LogP contribution in [-0.4, -0.2) is 52.1 Å². The summed E-state index contributed by atoms with van der Waals surface area (Å²) in [7, 11) is 0. The predicted octanol–water partition coefficient (Wildman–Crippen LogP) is 5.56. The second-order valence-electron chi connectivity index (χ2n) is 9.85. The Hall–Kier alpha value is -4.30. The number of aryl methyl sites for hydroxylation is 2. The summed E-state index contributed by atoms with van der Waals surface area (Å²) >= 11 is 0. The number of carbonyl (C=O) groups excluding carboxylic acids is 2. The first-order valence-corrected chi connectivity index (χ1v) is 13.1. The first-order chi connectivity index (χ1) is 18.9. The third kappa shape index (κ3) is 6.23. The molecular weight excluding hydrogens is 495 g/mol. The smallest absolute Gasteiger partial charge is 0.254 e. The van der Waals surface area contributed by atoms with Gasteiger partial charge in [-0.3, -0.25) is 19.5 Å². The number of anilines is 1. The molecule has 5 rings (SSSR count). The highest BCUT2D eigenvalue weighted by Crippen LogP contribution is 2.25. The first kappa shape index (κ1) is 26.3. The molecule has 2 heterocycles. The van der Waals surface area contributed by atoms with Crippen molar-refractivity contribution in [2.45, 2.75) is 32.8 Å². The maximum absolute atomic E-state index is 14.5. The highest BCUT2D eigenvalue weighted by atomic mass is 19.1. The average Bonchev–Trinajstić information content (AvgIpc) is 3.61. The Kier molecular flexibility index (Phi) is 7.84. The average molecular weight is 527 g/mol. The molecule has 1 N–H and O–H groups in total. The monoisotopic (exact) mass is 526 g/mol. The molecule has 0 aliphatic carbocycles. The van der Waals surface area contributed by atoms with E-state index in [1.165, 1.54) is 11.0 Å². The van der Waals surface area contributed by atoms with Gasteiger partial charge in [0, 0.05) is 30.5 Å². The number of hydrogen-bond donors (Lipinski definition) is 1. The fourth-order valence-corrected chi connectivity index (χ4v) is 4.61. The van der Waals surface area contributed by atoms with Crippen LogP contribution in [0.2, 0.25) is 0 Å². The number of aromatic nitrogens is 2. The van der Waals surface area contributed by atoms with E-state index in [2.05, 4.69) is 10.3 Å². The quantitative estimate of drug-likeness (QED) is 0.326. The normalized spacial score (nSPS) is 14.8. The van der Waals surface area contributed by atoms with Gasteiger partial charge in [0.05, 0.1) is 17.5 Å². The number of ether oxygens (including phenoxy) is 1. The lowest BCUT2D eigenvalue weighted by Crippen LogP contribution is -2.42. The first-order valence-electron chi connectivity index (χ1n) is 13.1. The second-order valence-corrected chi connectivity index (χ2v) is 9.85. The fourth-order valence-electron chi connectivity index (χ4n) is 4.61. The molecule has 1 atom stereocenters. The molecule has 1 aliphatic heterocycles. The Labute approximate surface area is 227 Å². The van der Waals surface area contributed by atoms with Crippen molar-refractivity contribution in [1.29, 1.82) is 0 Å². The topological polar surface area (TPSA) is 76.5 Å². The number of halogens is 1. The summed E-state index contributed by atoms with van der Waals surface area (Å²) in [6, 6.07) is 21.7. The molecule has 7 nitrogen and oxygen atoms in total. The van der Waals surface area contributed by atoms with Crippen LogP contribution in [0, 0.1) is 19.7 Å². The summed E-state index contributed by atoms with van der Waals surface area (Å²) in [5.41, 5.74) is 4.08. The Bertz CT molecular complexity index is 1460. The van der Waals surface area contributed by atoms with Gasteiger partial charge in [0.25, 0.3) is 5.91 Å². The third-order valence-corrected chi connectivity index (χ3v) is 6.83. The van der Waals surface area contributed by atoms with Gasteiger partial charge in [-0.2, -0.15) is 0 Å². The molecule has 8 heteroatoms. The number of rotatable bonds is 8. The largest absolute Gasteiger partial charge is 0.376 e. The standard InChI is InChI=1S/C31H31FN4O3/c1-21-10-13-24(14-11-21)30(38)35(18-26-9-6-16-39-26)20-29(37)34-31-33-28(23-7-4-3-5-8-23)19-36(31)25-15-12-22(2)27(32)17-25/h3-5,7-8,10-15,17,19,26H,6,9,16,18,20H2,1-2H3,(H,33,34,37). The van der Waals surface area contributed by atoms with Crippen LogP contribution in [0.25, 0.3) is 16.9 Å². The van der Waals surface area contributed by atoms with E-state index in [1.54, 1.807) is 42.0 Å². The van der Waals surface area contributed by atoms with Gasteiger partial charge < -0.3 is 9.64 Å². The van der Waals surface area contributed by atoms with Crippen LogP contribution in [0.4, 0.5) is 10.3 Å². The lowest BCUT2D eigenvalue weighted by atomic mass is 10.1. The zero-order chi connectivity index (χ0) is 27.4. The second kappa shape index (κ2) is 11.6. The molecule has 1 saturated heterocycles. The van der Waals surface area contributed by atoms with Gasteiger partial charge in [-0.05, 0) is 56.5 Å². The number of nitrogens with zero attached hydrogens (tertiary/aromatic N) is 3. The summed E-state index contributed by atoms with van der Waals surface area (Å²) in [5.74, 6) is -0.768. The molecule has 39 heavy (non-hydrogen) atoms. The van der Waals surface area contributed by atoms with Crippen molar-refractivity contribution in [3.8, 4) is 16.9 Å². The maximum atomic E-state index is 14.5. The van der Waals surface area contributed by atoms with E-state index in [0.29, 0.717) is 35.7 Å². The summed E-state index contributed by atoms with van der Waals surface area (Å²) < 4.78 is 21.9. The minimum Gasteiger partial charge on any atom is -0.376 e. The molecule has 3 aromatic carbocycles. The van der Waals surface area contributed by atoms with Crippen molar-refractivity contribution in [3.05, 3.63) is 102 Å². The number of amides is 2. The van der Waals surface area contributed by atoms with Gasteiger partial charge in [-0.25, -0.2) is 9.37 Å². The van der Waals surface area contributed by atoms with Gasteiger partial charge in [-0.1, -0.05) is 54.1 Å². The Balaban J connectivity index is 1.42. The van der Waals surface area contributed by atoms with E-state index in [0.717, 1.165) is 24.0 Å². The van der Waals surface area contributed by atoms with Gasteiger partial charge in [-0.15, -0.1) is 0 Å². The molecule has 2 amide bonds. The van der Waals surface area contributed by atoms with Crippen LogP contribution in [0.15, 0.2) is 79.0 Å². The Morgan fingerprint density at radius 3 is 2.54 bits per heavy atom. The molecule has 1 aliphatic rings. The van der Waals surface area contributed by atoms with E-state index >= 15 is 0 Å². The Morgan fingerprint density at radius 1 is 1.08 bits per heavy atom. The summed E-state index contributed by atoms with van der Waals surface area (Å²) in [5, 5.41) is 2.86. The molecule has 0 saturated carbocycles. The zero-order valence-corrected chi connectivity index (χ0v) is 22.1. The minimum absolute atomic E-state index is 0.116. The van der Waals surface area contributed by atoms with Crippen molar-refractivity contribution >= 4 is 17.8 Å². The minimum atomic E-state index is -0.410. The number of hydrogen-bond acceptors (Lipinski definition) is 4. The van der Waals surface area contributed by atoms with E-state index < -0.39 is 5.91 Å².